The van der Waals surface area contributed by atoms with Crippen molar-refractivity contribution in [2.24, 2.45) is 0 Å². The van der Waals surface area contributed by atoms with E-state index in [2.05, 4.69) is 29.1 Å². The first kappa shape index (κ1) is 21.2. The number of halogens is 3. The summed E-state index contributed by atoms with van der Waals surface area (Å²) in [6.07, 6.45) is -1.44. The number of nitrogens with one attached hydrogen (secondary N) is 1. The molecule has 1 N–H and O–H groups in total. The molecule has 27 heavy (non-hydrogen) atoms. The summed E-state index contributed by atoms with van der Waals surface area (Å²) in [5.41, 5.74) is 1.62. The summed E-state index contributed by atoms with van der Waals surface area (Å²) in [4.78, 5) is 9.31. The van der Waals surface area contributed by atoms with Crippen LogP contribution in [0.25, 0.3) is 11.3 Å². The molecule has 0 aliphatic heterocycles. The Morgan fingerprint density at radius 1 is 0.963 bits per heavy atom. The van der Waals surface area contributed by atoms with E-state index in [0.29, 0.717) is 41.3 Å². The number of benzene rings is 1. The van der Waals surface area contributed by atoms with Crippen molar-refractivity contribution in [3.8, 4) is 11.3 Å². The predicted molar refractivity (Wildman–Crippen MR) is 104 cm³/mol. The van der Waals surface area contributed by atoms with Gasteiger partial charge in [-0.3, -0.25) is 0 Å². The van der Waals surface area contributed by atoms with Crippen LogP contribution in [-0.4, -0.2) is 16.0 Å². The van der Waals surface area contributed by atoms with Crippen molar-refractivity contribution in [1.29, 1.82) is 0 Å². The van der Waals surface area contributed by atoms with Crippen LogP contribution < -0.4 is 5.32 Å². The van der Waals surface area contributed by atoms with E-state index in [1.807, 2.05) is 13.8 Å². The van der Waals surface area contributed by atoms with E-state index in [9.17, 15) is 13.2 Å². The summed E-state index contributed by atoms with van der Waals surface area (Å²) in [5, 5.41) is 3.41. The van der Waals surface area contributed by atoms with E-state index in [1.165, 1.54) is 12.1 Å². The van der Waals surface area contributed by atoms with Crippen LogP contribution in [0.5, 0.6) is 0 Å². The van der Waals surface area contributed by atoms with Gasteiger partial charge in [-0.1, -0.05) is 45.4 Å². The van der Waals surface area contributed by atoms with Gasteiger partial charge in [0.1, 0.15) is 5.82 Å². The SMILES string of the molecule is CCc1nc(-c2ccc(C)cc2C(F)(F)F)c(CC)nc1NC(CC)CC. The Labute approximate surface area is 159 Å². The molecule has 148 valence electrons. The first-order chi connectivity index (χ1) is 12.7. The number of aromatic nitrogens is 2. The van der Waals surface area contributed by atoms with E-state index < -0.39 is 11.7 Å². The van der Waals surface area contributed by atoms with Crippen molar-refractivity contribution in [3.05, 3.63) is 40.7 Å². The van der Waals surface area contributed by atoms with Crippen LogP contribution in [0.1, 0.15) is 63.1 Å². The third kappa shape index (κ3) is 4.79. The predicted octanol–water partition coefficient (Wildman–Crippen LogP) is 6.20. The normalized spacial score (nSPS) is 11.9. The zero-order chi connectivity index (χ0) is 20.2. The molecule has 2 aromatic rings. The maximum Gasteiger partial charge on any atom is 0.417 e. The molecule has 0 saturated carbocycles. The highest BCUT2D eigenvalue weighted by Gasteiger charge is 2.35. The molecule has 2 rings (SSSR count). The highest BCUT2D eigenvalue weighted by molar-refractivity contribution is 5.68. The van der Waals surface area contributed by atoms with E-state index in [4.69, 9.17) is 0 Å². The summed E-state index contributed by atoms with van der Waals surface area (Å²) in [5.74, 6) is 0.687. The largest absolute Gasteiger partial charge is 0.417 e. The van der Waals surface area contributed by atoms with Gasteiger partial charge in [-0.05, 0) is 38.7 Å². The Hall–Kier alpha value is -2.11. The van der Waals surface area contributed by atoms with Gasteiger partial charge in [0.05, 0.1) is 22.6 Å². The summed E-state index contributed by atoms with van der Waals surface area (Å²) in [7, 11) is 0. The van der Waals surface area contributed by atoms with Gasteiger partial charge in [-0.2, -0.15) is 13.2 Å². The first-order valence-corrected chi connectivity index (χ1v) is 9.59. The Kier molecular flexibility index (Phi) is 6.84. The topological polar surface area (TPSA) is 37.8 Å². The van der Waals surface area contributed by atoms with Crippen molar-refractivity contribution >= 4 is 5.82 Å². The second kappa shape index (κ2) is 8.72. The molecular weight excluding hydrogens is 351 g/mol. The molecular formula is C21H28F3N3. The maximum atomic E-state index is 13.6. The minimum Gasteiger partial charge on any atom is -0.366 e. The lowest BCUT2D eigenvalue weighted by Crippen LogP contribution is -2.20. The number of aryl methyl sites for hydroxylation is 3. The lowest BCUT2D eigenvalue weighted by molar-refractivity contribution is -0.137. The van der Waals surface area contributed by atoms with E-state index >= 15 is 0 Å². The fraction of sp³-hybridized carbons (Fsp3) is 0.524. The zero-order valence-electron chi connectivity index (χ0n) is 16.7. The average Bonchev–Trinajstić information content (AvgIpc) is 2.64. The number of anilines is 1. The van der Waals surface area contributed by atoms with Crippen LogP contribution in [0, 0.1) is 6.92 Å². The van der Waals surface area contributed by atoms with Crippen molar-refractivity contribution in [2.45, 2.75) is 72.5 Å². The smallest absolute Gasteiger partial charge is 0.366 e. The molecule has 0 unspecified atom stereocenters. The molecule has 0 fully saturated rings. The van der Waals surface area contributed by atoms with Crippen LogP contribution in [0.3, 0.4) is 0 Å². The molecule has 0 spiro atoms. The fourth-order valence-electron chi connectivity index (χ4n) is 3.11. The van der Waals surface area contributed by atoms with Crippen LogP contribution in [0.4, 0.5) is 19.0 Å². The number of nitrogens with zero attached hydrogens (tertiary/aromatic N) is 2. The van der Waals surface area contributed by atoms with Crippen molar-refractivity contribution in [3.63, 3.8) is 0 Å². The van der Waals surface area contributed by atoms with Gasteiger partial charge in [0.25, 0.3) is 0 Å². The third-order valence-electron chi connectivity index (χ3n) is 4.77. The third-order valence-corrected chi connectivity index (χ3v) is 4.77. The Morgan fingerprint density at radius 3 is 2.11 bits per heavy atom. The van der Waals surface area contributed by atoms with Gasteiger partial charge >= 0.3 is 6.18 Å². The van der Waals surface area contributed by atoms with Crippen molar-refractivity contribution in [2.75, 3.05) is 5.32 Å². The molecule has 1 heterocycles. The number of hydrogen-bond acceptors (Lipinski definition) is 3. The molecule has 0 radical (unpaired) electrons. The molecule has 3 nitrogen and oxygen atoms in total. The minimum atomic E-state index is -4.44. The molecule has 1 aromatic carbocycles. The lowest BCUT2D eigenvalue weighted by atomic mass is 9.98. The molecule has 0 atom stereocenters. The molecule has 6 heteroatoms. The molecule has 1 aromatic heterocycles. The number of rotatable bonds is 7. The highest BCUT2D eigenvalue weighted by atomic mass is 19.4. The van der Waals surface area contributed by atoms with Gasteiger partial charge in [0.15, 0.2) is 0 Å². The maximum absolute atomic E-state index is 13.6. The summed E-state index contributed by atoms with van der Waals surface area (Å²) < 4.78 is 40.8. The van der Waals surface area contributed by atoms with E-state index in [1.54, 1.807) is 13.0 Å². The molecule has 0 aliphatic rings. The quantitative estimate of drug-likeness (QED) is 0.623. The fourth-order valence-corrected chi connectivity index (χ4v) is 3.11. The second-order valence-corrected chi connectivity index (χ2v) is 6.73. The minimum absolute atomic E-state index is 0.0984. The average molecular weight is 379 g/mol. The monoisotopic (exact) mass is 379 g/mol. The van der Waals surface area contributed by atoms with E-state index in [-0.39, 0.29) is 11.6 Å². The first-order valence-electron chi connectivity index (χ1n) is 9.59. The molecule has 0 bridgehead atoms. The number of hydrogen-bond donors (Lipinski definition) is 1. The Bertz CT molecular complexity index is 781. The zero-order valence-corrected chi connectivity index (χ0v) is 16.7. The molecule has 0 saturated heterocycles. The van der Waals surface area contributed by atoms with Crippen LogP contribution in [-0.2, 0) is 19.0 Å². The Morgan fingerprint density at radius 2 is 1.59 bits per heavy atom. The standard InChI is InChI=1S/C21H28F3N3/c1-6-14(7-2)25-20-18(9-4)26-19(17(8-3)27-20)15-11-10-13(5)12-16(15)21(22,23)24/h10-12,14H,6-9H2,1-5H3,(H,25,27). The summed E-state index contributed by atoms with van der Waals surface area (Å²) in [6.45, 7) is 9.68. The van der Waals surface area contributed by atoms with Gasteiger partial charge in [0, 0.05) is 11.6 Å². The summed E-state index contributed by atoms with van der Waals surface area (Å²) in [6, 6.07) is 4.64. The molecule has 0 aliphatic carbocycles. The van der Waals surface area contributed by atoms with Crippen LogP contribution >= 0.6 is 0 Å². The van der Waals surface area contributed by atoms with Crippen molar-refractivity contribution in [1.82, 2.24) is 9.97 Å². The highest BCUT2D eigenvalue weighted by Crippen LogP contribution is 2.38. The van der Waals surface area contributed by atoms with Crippen LogP contribution in [0.15, 0.2) is 18.2 Å². The second-order valence-electron chi connectivity index (χ2n) is 6.73. The van der Waals surface area contributed by atoms with Crippen molar-refractivity contribution < 1.29 is 13.2 Å². The van der Waals surface area contributed by atoms with Gasteiger partial charge in [0.2, 0.25) is 0 Å². The van der Waals surface area contributed by atoms with Gasteiger partial charge < -0.3 is 5.32 Å². The van der Waals surface area contributed by atoms with E-state index in [0.717, 1.165) is 12.8 Å². The Balaban J connectivity index is 2.65. The summed E-state index contributed by atoms with van der Waals surface area (Å²) >= 11 is 0. The van der Waals surface area contributed by atoms with Crippen LogP contribution in [0.2, 0.25) is 0 Å². The molecule has 0 amide bonds. The number of alkyl halides is 3. The van der Waals surface area contributed by atoms with Gasteiger partial charge in [-0.25, -0.2) is 9.97 Å². The lowest BCUT2D eigenvalue weighted by Gasteiger charge is -2.21. The van der Waals surface area contributed by atoms with Gasteiger partial charge in [-0.15, -0.1) is 0 Å².